The summed E-state index contributed by atoms with van der Waals surface area (Å²) in [6, 6.07) is 0.0231. The quantitative estimate of drug-likeness (QED) is 0.852. The summed E-state index contributed by atoms with van der Waals surface area (Å²) in [5.74, 6) is 1.61. The molecule has 2 saturated heterocycles. The van der Waals surface area contributed by atoms with Crippen molar-refractivity contribution in [1.29, 1.82) is 0 Å². The molecule has 6 nitrogen and oxygen atoms in total. The van der Waals surface area contributed by atoms with E-state index >= 15 is 0 Å². The Morgan fingerprint density at radius 2 is 2.36 bits per heavy atom. The molecule has 1 aromatic rings. The van der Waals surface area contributed by atoms with Crippen LogP contribution in [0.15, 0.2) is 0 Å². The first-order chi connectivity index (χ1) is 10.8. The average molecular weight is 323 g/mol. The molecule has 2 N–H and O–H groups in total. The zero-order valence-electron chi connectivity index (χ0n) is 13.2. The third kappa shape index (κ3) is 3.76. The summed E-state index contributed by atoms with van der Waals surface area (Å²) < 4.78 is 4.37. The van der Waals surface area contributed by atoms with Crippen LogP contribution in [0.2, 0.25) is 0 Å². The fourth-order valence-electron chi connectivity index (χ4n) is 3.20. The van der Waals surface area contributed by atoms with Crippen LogP contribution in [0.1, 0.15) is 38.4 Å². The Labute approximate surface area is 135 Å². The van der Waals surface area contributed by atoms with Crippen LogP contribution in [0.25, 0.3) is 0 Å². The topological polar surface area (TPSA) is 70.2 Å². The number of hydrogen-bond acceptors (Lipinski definition) is 6. The summed E-state index contributed by atoms with van der Waals surface area (Å²) in [6.45, 7) is 5.83. The fourth-order valence-corrected chi connectivity index (χ4v) is 3.98. The average Bonchev–Trinajstić information content (AvgIpc) is 3.24. The van der Waals surface area contributed by atoms with Crippen molar-refractivity contribution in [3.8, 4) is 0 Å². The van der Waals surface area contributed by atoms with E-state index in [2.05, 4.69) is 31.8 Å². The molecule has 7 heteroatoms. The van der Waals surface area contributed by atoms with E-state index in [1.165, 1.54) is 18.0 Å². The molecule has 3 rings (SSSR count). The second kappa shape index (κ2) is 7.37. The summed E-state index contributed by atoms with van der Waals surface area (Å²) in [4.78, 5) is 19.0. The minimum Gasteiger partial charge on any atom is -0.354 e. The van der Waals surface area contributed by atoms with Crippen molar-refractivity contribution < 1.29 is 4.79 Å². The lowest BCUT2D eigenvalue weighted by Crippen LogP contribution is -2.45. The van der Waals surface area contributed by atoms with Crippen molar-refractivity contribution in [3.05, 3.63) is 5.82 Å². The van der Waals surface area contributed by atoms with Crippen LogP contribution in [-0.2, 0) is 11.2 Å². The van der Waals surface area contributed by atoms with Gasteiger partial charge in [-0.3, -0.25) is 4.79 Å². The Hall–Kier alpha value is -1.21. The van der Waals surface area contributed by atoms with Gasteiger partial charge in [0.2, 0.25) is 11.0 Å². The Morgan fingerprint density at radius 1 is 1.45 bits per heavy atom. The number of carbonyl (C=O) groups is 1. The Bertz CT molecular complexity index is 500. The van der Waals surface area contributed by atoms with Gasteiger partial charge in [-0.15, -0.1) is 0 Å². The van der Waals surface area contributed by atoms with Gasteiger partial charge in [0.25, 0.3) is 0 Å². The highest BCUT2D eigenvalue weighted by atomic mass is 32.1. The molecule has 0 saturated carbocycles. The molecule has 0 spiro atoms. The van der Waals surface area contributed by atoms with Gasteiger partial charge in [-0.2, -0.15) is 4.37 Å². The molecular weight excluding hydrogens is 298 g/mol. The molecule has 2 atom stereocenters. The van der Waals surface area contributed by atoms with Crippen molar-refractivity contribution in [2.24, 2.45) is 5.92 Å². The van der Waals surface area contributed by atoms with Gasteiger partial charge in [0, 0.05) is 37.6 Å². The monoisotopic (exact) mass is 323 g/mol. The summed E-state index contributed by atoms with van der Waals surface area (Å²) in [5.41, 5.74) is 0. The minimum atomic E-state index is 0.0231. The van der Waals surface area contributed by atoms with Crippen LogP contribution >= 0.6 is 11.5 Å². The van der Waals surface area contributed by atoms with Crippen molar-refractivity contribution in [1.82, 2.24) is 20.0 Å². The molecule has 122 valence electrons. The number of hydrogen-bond donors (Lipinski definition) is 2. The molecule has 3 heterocycles. The predicted octanol–water partition coefficient (Wildman–Crippen LogP) is 1.19. The molecule has 0 bridgehead atoms. The summed E-state index contributed by atoms with van der Waals surface area (Å²) in [5, 5.41) is 7.40. The lowest BCUT2D eigenvalue weighted by atomic mass is 9.98. The van der Waals surface area contributed by atoms with Gasteiger partial charge < -0.3 is 15.5 Å². The number of carbonyl (C=O) groups excluding carboxylic acids is 1. The van der Waals surface area contributed by atoms with Gasteiger partial charge in [-0.25, -0.2) is 4.98 Å². The van der Waals surface area contributed by atoms with Gasteiger partial charge in [0.15, 0.2) is 0 Å². The normalized spacial score (nSPS) is 25.4. The van der Waals surface area contributed by atoms with Gasteiger partial charge in [-0.1, -0.05) is 6.92 Å². The number of rotatable bonds is 5. The molecule has 2 unspecified atom stereocenters. The highest BCUT2D eigenvalue weighted by Crippen LogP contribution is 2.24. The molecule has 2 fully saturated rings. The number of piperidine rings is 1. The largest absolute Gasteiger partial charge is 0.354 e. The number of aryl methyl sites for hydroxylation is 1. The molecule has 0 radical (unpaired) electrons. The van der Waals surface area contributed by atoms with Crippen molar-refractivity contribution in [2.45, 2.75) is 45.1 Å². The van der Waals surface area contributed by atoms with Crippen LogP contribution in [0.5, 0.6) is 0 Å². The zero-order valence-corrected chi connectivity index (χ0v) is 14.0. The minimum absolute atomic E-state index is 0.0231. The number of amides is 1. The van der Waals surface area contributed by atoms with E-state index in [9.17, 15) is 4.79 Å². The maximum Gasteiger partial charge on any atom is 0.237 e. The maximum absolute atomic E-state index is 12.1. The number of anilines is 1. The lowest BCUT2D eigenvalue weighted by molar-refractivity contribution is -0.122. The second-order valence-electron chi connectivity index (χ2n) is 6.20. The molecule has 0 aliphatic carbocycles. The highest BCUT2D eigenvalue weighted by molar-refractivity contribution is 7.09. The molecule has 22 heavy (non-hydrogen) atoms. The Morgan fingerprint density at radius 3 is 3.09 bits per heavy atom. The number of nitrogens with one attached hydrogen (secondary N) is 2. The van der Waals surface area contributed by atoms with E-state index < -0.39 is 0 Å². The van der Waals surface area contributed by atoms with Crippen LogP contribution in [0.3, 0.4) is 0 Å². The smallest absolute Gasteiger partial charge is 0.237 e. The van der Waals surface area contributed by atoms with Crippen LogP contribution in [0.4, 0.5) is 5.13 Å². The van der Waals surface area contributed by atoms with Crippen LogP contribution in [0, 0.1) is 5.92 Å². The maximum atomic E-state index is 12.1. The summed E-state index contributed by atoms with van der Waals surface area (Å²) >= 11 is 1.49. The fraction of sp³-hybridized carbons (Fsp3) is 0.800. The molecule has 0 aromatic carbocycles. The highest BCUT2D eigenvalue weighted by Gasteiger charge is 2.25. The van der Waals surface area contributed by atoms with Gasteiger partial charge in [0.05, 0.1) is 6.04 Å². The molecular formula is C15H25N5OS. The molecule has 1 aromatic heterocycles. The molecule has 1 amide bonds. The van der Waals surface area contributed by atoms with E-state index in [4.69, 9.17) is 0 Å². The van der Waals surface area contributed by atoms with E-state index in [1.54, 1.807) is 0 Å². The second-order valence-corrected chi connectivity index (χ2v) is 6.93. The van der Waals surface area contributed by atoms with Gasteiger partial charge in [-0.05, 0) is 38.1 Å². The lowest BCUT2D eigenvalue weighted by Gasteiger charge is -2.32. The van der Waals surface area contributed by atoms with Crippen LogP contribution in [-0.4, -0.2) is 47.5 Å². The zero-order chi connectivity index (χ0) is 15.4. The number of nitrogens with zero attached hydrogens (tertiary/aromatic N) is 3. The van der Waals surface area contributed by atoms with E-state index in [-0.39, 0.29) is 11.9 Å². The van der Waals surface area contributed by atoms with Crippen LogP contribution < -0.4 is 15.5 Å². The van der Waals surface area contributed by atoms with Gasteiger partial charge in [0.1, 0.15) is 5.82 Å². The van der Waals surface area contributed by atoms with Crippen molar-refractivity contribution in [2.75, 3.05) is 31.1 Å². The standard InChI is InChI=1S/C15H25N5OS/c1-2-13-18-15(22-19-13)20-8-4-5-11(10-20)9-17-14(21)12-6-3-7-16-12/h11-12,16H,2-10H2,1H3,(H,17,21). The van der Waals surface area contributed by atoms with E-state index in [1.807, 2.05) is 0 Å². The van der Waals surface area contributed by atoms with E-state index in [0.717, 1.165) is 62.8 Å². The number of aromatic nitrogens is 2. The Balaban J connectivity index is 1.48. The Kier molecular flexibility index (Phi) is 5.25. The predicted molar refractivity (Wildman–Crippen MR) is 88.3 cm³/mol. The van der Waals surface area contributed by atoms with E-state index in [0.29, 0.717) is 5.92 Å². The third-order valence-corrected chi connectivity index (χ3v) is 5.32. The first-order valence-corrected chi connectivity index (χ1v) is 9.12. The first-order valence-electron chi connectivity index (χ1n) is 8.35. The third-order valence-electron chi connectivity index (χ3n) is 4.50. The van der Waals surface area contributed by atoms with Crippen molar-refractivity contribution >= 4 is 22.6 Å². The first kappa shape index (κ1) is 15.7. The molecule has 2 aliphatic rings. The summed E-state index contributed by atoms with van der Waals surface area (Å²) in [6.07, 6.45) is 5.29. The van der Waals surface area contributed by atoms with Gasteiger partial charge >= 0.3 is 0 Å². The molecule has 2 aliphatic heterocycles. The SMILES string of the molecule is CCc1nsc(N2CCCC(CNC(=O)C3CCCN3)C2)n1. The summed E-state index contributed by atoms with van der Waals surface area (Å²) in [7, 11) is 0. The van der Waals surface area contributed by atoms with Crippen molar-refractivity contribution in [3.63, 3.8) is 0 Å².